The van der Waals surface area contributed by atoms with E-state index in [1.165, 1.54) is 24.3 Å². The van der Waals surface area contributed by atoms with E-state index in [9.17, 15) is 19.1 Å². The maximum atomic E-state index is 12.9. The number of hydrogen-bond acceptors (Lipinski definition) is 5. The Balaban J connectivity index is 1.53. The summed E-state index contributed by atoms with van der Waals surface area (Å²) in [7, 11) is 0. The smallest absolute Gasteiger partial charge is 0.197 e. The summed E-state index contributed by atoms with van der Waals surface area (Å²) in [5.74, 6) is 0.220. The molecule has 25 heavy (non-hydrogen) atoms. The quantitative estimate of drug-likeness (QED) is 0.802. The van der Waals surface area contributed by atoms with Crippen LogP contribution < -0.4 is 4.74 Å². The lowest BCUT2D eigenvalue weighted by molar-refractivity contribution is -0.121. The molecule has 1 aliphatic rings. The Morgan fingerprint density at radius 2 is 1.80 bits per heavy atom. The van der Waals surface area contributed by atoms with Gasteiger partial charge >= 0.3 is 0 Å². The van der Waals surface area contributed by atoms with E-state index in [1.807, 2.05) is 12.1 Å². The van der Waals surface area contributed by atoms with Crippen LogP contribution in [0, 0.1) is 5.82 Å². The van der Waals surface area contributed by atoms with Crippen LogP contribution in [0.25, 0.3) is 0 Å². The molecule has 0 spiro atoms. The summed E-state index contributed by atoms with van der Waals surface area (Å²) in [4.78, 5) is 22.9. The van der Waals surface area contributed by atoms with Crippen molar-refractivity contribution < 1.29 is 23.8 Å². The first-order valence-electron chi connectivity index (χ1n) is 7.89. The average Bonchev–Trinajstić information content (AvgIpc) is 2.92. The van der Waals surface area contributed by atoms with E-state index in [4.69, 9.17) is 4.74 Å². The number of carbonyl (C=O) groups excluding carboxylic acids is 2. The number of carbonyl (C=O) groups is 2. The first-order chi connectivity index (χ1) is 12.0. The first kappa shape index (κ1) is 17.6. The fraction of sp³-hybridized carbons (Fsp3) is 0.263. The molecule has 2 aromatic carbocycles. The molecule has 0 aliphatic carbocycles. The molecule has 4 nitrogen and oxygen atoms in total. The Bertz CT molecular complexity index is 758. The second-order valence-corrected chi connectivity index (χ2v) is 7.11. The molecule has 0 aromatic heterocycles. The van der Waals surface area contributed by atoms with E-state index >= 15 is 0 Å². The topological polar surface area (TPSA) is 63.6 Å². The highest BCUT2D eigenvalue weighted by atomic mass is 32.2. The number of benzene rings is 2. The number of ether oxygens (including phenoxy) is 1. The molecule has 1 fully saturated rings. The lowest BCUT2D eigenvalue weighted by Crippen LogP contribution is -2.13. The van der Waals surface area contributed by atoms with Crippen molar-refractivity contribution in [2.24, 2.45) is 0 Å². The number of rotatable bonds is 6. The Kier molecular flexibility index (Phi) is 5.50. The van der Waals surface area contributed by atoms with Crippen molar-refractivity contribution in [2.75, 3.05) is 6.61 Å². The molecule has 1 heterocycles. The van der Waals surface area contributed by atoms with Crippen LogP contribution in [0.4, 0.5) is 4.39 Å². The van der Waals surface area contributed by atoms with Crippen LogP contribution >= 0.6 is 11.8 Å². The van der Waals surface area contributed by atoms with Crippen LogP contribution in [0.3, 0.4) is 0 Å². The minimum Gasteiger partial charge on any atom is -0.491 e. The number of hydrogen-bond donors (Lipinski definition) is 1. The van der Waals surface area contributed by atoms with Gasteiger partial charge in [-0.3, -0.25) is 9.59 Å². The van der Waals surface area contributed by atoms with E-state index in [1.54, 1.807) is 12.1 Å². The van der Waals surface area contributed by atoms with Gasteiger partial charge in [0.1, 0.15) is 24.3 Å². The molecule has 0 radical (unpaired) electrons. The molecule has 1 unspecified atom stereocenters. The fourth-order valence-corrected chi connectivity index (χ4v) is 3.60. The van der Waals surface area contributed by atoms with Crippen LogP contribution in [-0.2, 0) is 16.0 Å². The van der Waals surface area contributed by atoms with Gasteiger partial charge in [-0.25, -0.2) is 4.39 Å². The first-order valence-corrected chi connectivity index (χ1v) is 8.76. The Morgan fingerprint density at radius 1 is 1.12 bits per heavy atom. The summed E-state index contributed by atoms with van der Waals surface area (Å²) < 4.78 is 18.4. The third kappa shape index (κ3) is 4.67. The van der Waals surface area contributed by atoms with E-state index in [0.29, 0.717) is 17.7 Å². The van der Waals surface area contributed by atoms with Crippen molar-refractivity contribution in [1.82, 2.24) is 0 Å². The Morgan fingerprint density at radius 3 is 2.40 bits per heavy atom. The number of Topliss-reactive ketones (excluding diaryl/α,β-unsaturated/α-hetero) is 1. The van der Waals surface area contributed by atoms with Crippen LogP contribution in [0.2, 0.25) is 0 Å². The zero-order chi connectivity index (χ0) is 17.8. The van der Waals surface area contributed by atoms with Gasteiger partial charge in [-0.2, -0.15) is 0 Å². The SMILES string of the molecule is O=C1CC(=O)C(Cc2ccc(OC[C@@H](O)c3ccc(F)cc3)cc2)S1. The summed E-state index contributed by atoms with van der Waals surface area (Å²) >= 11 is 1.11. The van der Waals surface area contributed by atoms with E-state index < -0.39 is 6.10 Å². The van der Waals surface area contributed by atoms with E-state index in [-0.39, 0.29) is 35.0 Å². The van der Waals surface area contributed by atoms with Crippen molar-refractivity contribution >= 4 is 22.7 Å². The van der Waals surface area contributed by atoms with Crippen molar-refractivity contribution in [3.8, 4) is 5.75 Å². The molecular weight excluding hydrogens is 343 g/mol. The van der Waals surface area contributed by atoms with Crippen molar-refractivity contribution in [3.63, 3.8) is 0 Å². The van der Waals surface area contributed by atoms with Crippen LogP contribution in [0.5, 0.6) is 5.75 Å². The van der Waals surface area contributed by atoms with Crippen LogP contribution in [0.1, 0.15) is 23.7 Å². The van der Waals surface area contributed by atoms with Crippen LogP contribution in [-0.4, -0.2) is 27.9 Å². The van der Waals surface area contributed by atoms with Gasteiger partial charge in [-0.1, -0.05) is 36.0 Å². The zero-order valence-corrected chi connectivity index (χ0v) is 14.2. The Labute approximate surface area is 149 Å². The summed E-state index contributed by atoms with van der Waals surface area (Å²) in [6.45, 7) is 0.0520. The third-order valence-electron chi connectivity index (χ3n) is 3.96. The van der Waals surface area contributed by atoms with Gasteiger partial charge < -0.3 is 9.84 Å². The fourth-order valence-electron chi connectivity index (χ4n) is 2.57. The van der Waals surface area contributed by atoms with E-state index in [2.05, 4.69) is 0 Å². The molecule has 0 amide bonds. The number of aliphatic hydroxyl groups excluding tert-OH is 1. The highest BCUT2D eigenvalue weighted by Gasteiger charge is 2.31. The monoisotopic (exact) mass is 360 g/mol. The van der Waals surface area contributed by atoms with Gasteiger partial charge in [0, 0.05) is 0 Å². The minimum atomic E-state index is -0.848. The summed E-state index contributed by atoms with van der Waals surface area (Å²) in [6, 6.07) is 12.8. The molecule has 0 saturated carbocycles. The summed E-state index contributed by atoms with van der Waals surface area (Å²) in [5, 5.41) is 9.69. The second-order valence-electron chi connectivity index (χ2n) is 5.85. The molecule has 1 aliphatic heterocycles. The van der Waals surface area contributed by atoms with Gasteiger partial charge in [0.15, 0.2) is 10.9 Å². The molecule has 6 heteroatoms. The van der Waals surface area contributed by atoms with Crippen molar-refractivity contribution in [2.45, 2.75) is 24.2 Å². The zero-order valence-electron chi connectivity index (χ0n) is 13.4. The van der Waals surface area contributed by atoms with Crippen LogP contribution in [0.15, 0.2) is 48.5 Å². The molecule has 2 atom stereocenters. The predicted octanol–water partition coefficient (Wildman–Crippen LogP) is 3.08. The van der Waals surface area contributed by atoms with Gasteiger partial charge in [0.25, 0.3) is 0 Å². The number of ketones is 1. The standard InChI is InChI=1S/C19H17FO4S/c20-14-5-3-13(4-6-14)17(22)11-24-15-7-1-12(2-8-15)9-18-16(21)10-19(23)25-18/h1-8,17-18,22H,9-11H2/t17-,18?/m1/s1. The van der Waals surface area contributed by atoms with Crippen molar-refractivity contribution in [3.05, 3.63) is 65.5 Å². The summed E-state index contributed by atoms with van der Waals surface area (Å²) in [5.41, 5.74) is 1.53. The minimum absolute atomic E-state index is 0.0160. The molecule has 3 rings (SSSR count). The number of thioether (sulfide) groups is 1. The maximum absolute atomic E-state index is 12.9. The normalized spacial score (nSPS) is 18.4. The highest BCUT2D eigenvalue weighted by molar-refractivity contribution is 8.15. The molecule has 2 aromatic rings. The molecule has 130 valence electrons. The second kappa shape index (κ2) is 7.80. The number of aliphatic hydroxyl groups is 1. The molecule has 1 N–H and O–H groups in total. The van der Waals surface area contributed by atoms with Gasteiger partial charge in [-0.15, -0.1) is 0 Å². The van der Waals surface area contributed by atoms with Gasteiger partial charge in [0.05, 0.1) is 11.7 Å². The molecular formula is C19H17FO4S. The summed E-state index contributed by atoms with van der Waals surface area (Å²) in [6.07, 6.45) is -0.301. The van der Waals surface area contributed by atoms with Gasteiger partial charge in [-0.05, 0) is 41.8 Å². The third-order valence-corrected chi connectivity index (χ3v) is 5.08. The highest BCUT2D eigenvalue weighted by Crippen LogP contribution is 2.28. The maximum Gasteiger partial charge on any atom is 0.197 e. The largest absolute Gasteiger partial charge is 0.491 e. The average molecular weight is 360 g/mol. The lowest BCUT2D eigenvalue weighted by atomic mass is 10.1. The van der Waals surface area contributed by atoms with Crippen molar-refractivity contribution in [1.29, 1.82) is 0 Å². The Hall–Kier alpha value is -2.18. The lowest BCUT2D eigenvalue weighted by Gasteiger charge is -2.13. The predicted molar refractivity (Wildman–Crippen MR) is 93.0 cm³/mol. The number of halogens is 1. The van der Waals surface area contributed by atoms with Gasteiger partial charge in [0.2, 0.25) is 0 Å². The molecule has 0 bridgehead atoms. The van der Waals surface area contributed by atoms with E-state index in [0.717, 1.165) is 17.3 Å². The molecule has 1 saturated heterocycles.